The molecule has 0 aromatic carbocycles. The number of thiazole rings is 1. The van der Waals surface area contributed by atoms with Gasteiger partial charge in [-0.15, -0.1) is 11.3 Å². The van der Waals surface area contributed by atoms with Gasteiger partial charge in [0.05, 0.1) is 10.6 Å². The number of hydrogen-bond donors (Lipinski definition) is 2. The Morgan fingerprint density at radius 3 is 2.94 bits per heavy atom. The molecule has 0 aliphatic carbocycles. The van der Waals surface area contributed by atoms with Gasteiger partial charge in [-0.2, -0.15) is 0 Å². The van der Waals surface area contributed by atoms with Gasteiger partial charge in [0.2, 0.25) is 0 Å². The van der Waals surface area contributed by atoms with Crippen LogP contribution in [0.2, 0.25) is 0 Å². The van der Waals surface area contributed by atoms with Crippen molar-refractivity contribution in [2.75, 3.05) is 12.3 Å². The predicted molar refractivity (Wildman–Crippen MR) is 71.5 cm³/mol. The number of anilines is 1. The second-order valence-corrected chi connectivity index (χ2v) is 4.80. The molecule has 2 rings (SSSR count). The first-order valence-corrected chi connectivity index (χ1v) is 6.44. The lowest BCUT2D eigenvalue weighted by atomic mass is 10.2. The molecule has 2 aromatic heterocycles. The number of pyridine rings is 1. The van der Waals surface area contributed by atoms with E-state index in [-0.39, 0.29) is 5.91 Å². The molecule has 0 saturated carbocycles. The molecular formula is C12H14N4OS. The van der Waals surface area contributed by atoms with Crippen LogP contribution < -0.4 is 11.1 Å². The minimum Gasteiger partial charge on any atom is -0.384 e. The SMILES string of the molecule is Cc1csc(CCNC(=O)c2ccc(N)nc2)n1. The summed E-state index contributed by atoms with van der Waals surface area (Å²) >= 11 is 1.61. The van der Waals surface area contributed by atoms with Gasteiger partial charge in [-0.25, -0.2) is 9.97 Å². The zero-order valence-electron chi connectivity index (χ0n) is 10.0. The van der Waals surface area contributed by atoms with Crippen LogP contribution in [0, 0.1) is 6.92 Å². The summed E-state index contributed by atoms with van der Waals surface area (Å²) in [4.78, 5) is 19.9. The monoisotopic (exact) mass is 262 g/mol. The number of carbonyl (C=O) groups excluding carboxylic acids is 1. The van der Waals surface area contributed by atoms with Gasteiger partial charge < -0.3 is 11.1 Å². The molecule has 18 heavy (non-hydrogen) atoms. The highest BCUT2D eigenvalue weighted by atomic mass is 32.1. The average molecular weight is 262 g/mol. The maximum Gasteiger partial charge on any atom is 0.252 e. The minimum atomic E-state index is -0.143. The molecule has 6 heteroatoms. The van der Waals surface area contributed by atoms with Gasteiger partial charge in [-0.05, 0) is 19.1 Å². The van der Waals surface area contributed by atoms with Crippen LogP contribution in [-0.4, -0.2) is 22.4 Å². The van der Waals surface area contributed by atoms with Crippen LogP contribution in [0.3, 0.4) is 0 Å². The number of nitrogens with one attached hydrogen (secondary N) is 1. The second kappa shape index (κ2) is 5.59. The first-order chi connectivity index (χ1) is 8.65. The van der Waals surface area contributed by atoms with Crippen LogP contribution in [0.1, 0.15) is 21.1 Å². The van der Waals surface area contributed by atoms with Gasteiger partial charge in [-0.1, -0.05) is 0 Å². The van der Waals surface area contributed by atoms with E-state index in [1.54, 1.807) is 23.5 Å². The summed E-state index contributed by atoms with van der Waals surface area (Å²) in [5.41, 5.74) is 6.99. The van der Waals surface area contributed by atoms with Crippen molar-refractivity contribution in [1.29, 1.82) is 0 Å². The smallest absolute Gasteiger partial charge is 0.252 e. The number of amides is 1. The lowest BCUT2D eigenvalue weighted by Crippen LogP contribution is -2.25. The maximum absolute atomic E-state index is 11.7. The van der Waals surface area contributed by atoms with Crippen molar-refractivity contribution in [2.45, 2.75) is 13.3 Å². The number of aryl methyl sites for hydroxylation is 1. The zero-order valence-corrected chi connectivity index (χ0v) is 10.8. The number of nitrogen functional groups attached to an aromatic ring is 1. The standard InChI is InChI=1S/C12H14N4OS/c1-8-7-18-11(16-8)4-5-14-12(17)9-2-3-10(13)15-6-9/h2-3,6-7H,4-5H2,1H3,(H2,13,15)(H,14,17). The number of rotatable bonds is 4. The van der Waals surface area contributed by atoms with E-state index in [2.05, 4.69) is 15.3 Å². The number of nitrogens with two attached hydrogens (primary N) is 1. The Labute approximate surface area is 109 Å². The molecule has 94 valence electrons. The molecular weight excluding hydrogens is 248 g/mol. The third-order valence-corrected chi connectivity index (χ3v) is 3.37. The van der Waals surface area contributed by atoms with Crippen molar-refractivity contribution in [3.05, 3.63) is 40.0 Å². The second-order valence-electron chi connectivity index (χ2n) is 3.86. The van der Waals surface area contributed by atoms with E-state index in [4.69, 9.17) is 5.73 Å². The van der Waals surface area contributed by atoms with Gasteiger partial charge in [0.25, 0.3) is 5.91 Å². The highest BCUT2D eigenvalue weighted by molar-refractivity contribution is 7.09. The molecule has 2 heterocycles. The highest BCUT2D eigenvalue weighted by Gasteiger charge is 2.05. The van der Waals surface area contributed by atoms with E-state index in [0.717, 1.165) is 17.1 Å². The van der Waals surface area contributed by atoms with Crippen LogP contribution in [0.15, 0.2) is 23.7 Å². The van der Waals surface area contributed by atoms with Crippen molar-refractivity contribution < 1.29 is 4.79 Å². The van der Waals surface area contributed by atoms with Crippen LogP contribution in [-0.2, 0) is 6.42 Å². The van der Waals surface area contributed by atoms with Crippen molar-refractivity contribution in [3.8, 4) is 0 Å². The summed E-state index contributed by atoms with van der Waals surface area (Å²) in [6.07, 6.45) is 2.21. The summed E-state index contributed by atoms with van der Waals surface area (Å²) in [6.45, 7) is 2.52. The Bertz CT molecular complexity index is 535. The van der Waals surface area contributed by atoms with Gasteiger partial charge in [0.1, 0.15) is 5.82 Å². The molecule has 2 aromatic rings. The van der Waals surface area contributed by atoms with Crippen molar-refractivity contribution >= 4 is 23.1 Å². The van der Waals surface area contributed by atoms with Crippen molar-refractivity contribution in [3.63, 3.8) is 0 Å². The van der Waals surface area contributed by atoms with E-state index >= 15 is 0 Å². The number of carbonyl (C=O) groups is 1. The summed E-state index contributed by atoms with van der Waals surface area (Å²) in [5.74, 6) is 0.264. The average Bonchev–Trinajstić information content (AvgIpc) is 2.76. The Balaban J connectivity index is 1.83. The molecule has 0 unspecified atom stereocenters. The molecule has 0 spiro atoms. The van der Waals surface area contributed by atoms with Gasteiger partial charge in [0, 0.05) is 30.2 Å². The molecule has 0 fully saturated rings. The zero-order chi connectivity index (χ0) is 13.0. The lowest BCUT2D eigenvalue weighted by molar-refractivity contribution is 0.0954. The Morgan fingerprint density at radius 1 is 1.50 bits per heavy atom. The summed E-state index contributed by atoms with van der Waals surface area (Å²) < 4.78 is 0. The third kappa shape index (κ3) is 3.27. The molecule has 0 aliphatic heterocycles. The molecule has 0 bridgehead atoms. The molecule has 3 N–H and O–H groups in total. The highest BCUT2D eigenvalue weighted by Crippen LogP contribution is 2.08. The number of nitrogens with zero attached hydrogens (tertiary/aromatic N) is 2. The summed E-state index contributed by atoms with van der Waals surface area (Å²) in [6, 6.07) is 3.27. The summed E-state index contributed by atoms with van der Waals surface area (Å²) in [7, 11) is 0. The van der Waals surface area contributed by atoms with E-state index in [1.807, 2.05) is 12.3 Å². The Morgan fingerprint density at radius 2 is 2.33 bits per heavy atom. The molecule has 0 aliphatic rings. The molecule has 5 nitrogen and oxygen atoms in total. The lowest BCUT2D eigenvalue weighted by Gasteiger charge is -2.03. The van der Waals surface area contributed by atoms with Gasteiger partial charge in [-0.3, -0.25) is 4.79 Å². The maximum atomic E-state index is 11.7. The molecule has 1 amide bonds. The Hall–Kier alpha value is -1.95. The van der Waals surface area contributed by atoms with E-state index in [0.29, 0.717) is 17.9 Å². The number of aromatic nitrogens is 2. The fraction of sp³-hybridized carbons (Fsp3) is 0.250. The first-order valence-electron chi connectivity index (χ1n) is 5.56. The minimum absolute atomic E-state index is 0.143. The topological polar surface area (TPSA) is 80.9 Å². The van der Waals surface area contributed by atoms with Crippen LogP contribution in [0.25, 0.3) is 0 Å². The summed E-state index contributed by atoms with van der Waals surface area (Å²) in [5, 5.41) is 5.85. The van der Waals surface area contributed by atoms with Gasteiger partial charge in [0.15, 0.2) is 0 Å². The van der Waals surface area contributed by atoms with Crippen LogP contribution >= 0.6 is 11.3 Å². The molecule has 0 saturated heterocycles. The van der Waals surface area contributed by atoms with Gasteiger partial charge >= 0.3 is 0 Å². The largest absolute Gasteiger partial charge is 0.384 e. The quantitative estimate of drug-likeness (QED) is 0.872. The predicted octanol–water partition coefficient (Wildman–Crippen LogP) is 1.40. The normalized spacial score (nSPS) is 10.3. The van der Waals surface area contributed by atoms with E-state index in [1.165, 1.54) is 6.20 Å². The first kappa shape index (κ1) is 12.5. The molecule has 0 radical (unpaired) electrons. The van der Waals surface area contributed by atoms with E-state index < -0.39 is 0 Å². The Kier molecular flexibility index (Phi) is 3.88. The van der Waals surface area contributed by atoms with Crippen LogP contribution in [0.4, 0.5) is 5.82 Å². The third-order valence-electron chi connectivity index (χ3n) is 2.34. The van der Waals surface area contributed by atoms with Crippen molar-refractivity contribution in [1.82, 2.24) is 15.3 Å². The fourth-order valence-electron chi connectivity index (χ4n) is 1.44. The molecule has 0 atom stereocenters. The van der Waals surface area contributed by atoms with Crippen LogP contribution in [0.5, 0.6) is 0 Å². The van der Waals surface area contributed by atoms with Crippen molar-refractivity contribution in [2.24, 2.45) is 0 Å². The number of hydrogen-bond acceptors (Lipinski definition) is 5. The van der Waals surface area contributed by atoms with E-state index in [9.17, 15) is 4.79 Å². The fourth-order valence-corrected chi connectivity index (χ4v) is 2.22.